The zero-order valence-corrected chi connectivity index (χ0v) is 12.4. The number of thiazole rings is 1. The summed E-state index contributed by atoms with van der Waals surface area (Å²) in [6, 6.07) is 11.6. The summed E-state index contributed by atoms with van der Waals surface area (Å²) in [5.74, 6) is -0.628. The van der Waals surface area contributed by atoms with Gasteiger partial charge in [0.15, 0.2) is 0 Å². The van der Waals surface area contributed by atoms with Gasteiger partial charge in [0, 0.05) is 11.6 Å². The molecule has 3 aromatic rings. The van der Waals surface area contributed by atoms with Crippen LogP contribution in [0.5, 0.6) is 5.75 Å². The lowest BCUT2D eigenvalue weighted by molar-refractivity contribution is 0.0692. The molecule has 5 heteroatoms. The molecule has 1 aromatic heterocycles. The fourth-order valence-electron chi connectivity index (χ4n) is 2.32. The van der Waals surface area contributed by atoms with E-state index in [-0.39, 0.29) is 5.56 Å². The van der Waals surface area contributed by atoms with Crippen molar-refractivity contribution in [3.63, 3.8) is 0 Å². The van der Waals surface area contributed by atoms with Crippen LogP contribution in [-0.4, -0.2) is 23.2 Å². The molecular weight excluding hydrogens is 286 g/mol. The van der Waals surface area contributed by atoms with Crippen molar-refractivity contribution in [3.8, 4) is 16.3 Å². The van der Waals surface area contributed by atoms with Crippen molar-refractivity contribution in [3.05, 3.63) is 47.5 Å². The second-order valence-electron chi connectivity index (χ2n) is 4.62. The van der Waals surface area contributed by atoms with Crippen LogP contribution in [-0.2, 0) is 0 Å². The Kier molecular flexibility index (Phi) is 3.35. The van der Waals surface area contributed by atoms with Crippen molar-refractivity contribution in [2.45, 2.75) is 6.92 Å². The largest absolute Gasteiger partial charge is 0.496 e. The molecule has 0 atom stereocenters. The monoisotopic (exact) mass is 299 g/mol. The molecule has 0 saturated carbocycles. The van der Waals surface area contributed by atoms with Crippen molar-refractivity contribution >= 4 is 27.5 Å². The summed E-state index contributed by atoms with van der Waals surface area (Å²) in [5, 5.41) is 10.2. The van der Waals surface area contributed by atoms with Crippen LogP contribution < -0.4 is 4.74 Å². The van der Waals surface area contributed by atoms with Crippen molar-refractivity contribution in [1.29, 1.82) is 0 Å². The van der Waals surface area contributed by atoms with E-state index in [9.17, 15) is 9.90 Å². The van der Waals surface area contributed by atoms with Crippen molar-refractivity contribution < 1.29 is 14.6 Å². The molecule has 0 aliphatic heterocycles. The number of carboxylic acids is 1. The molecule has 1 N–H and O–H groups in total. The van der Waals surface area contributed by atoms with Gasteiger partial charge in [-0.2, -0.15) is 0 Å². The maximum absolute atomic E-state index is 11.4. The first-order valence-corrected chi connectivity index (χ1v) is 7.20. The van der Waals surface area contributed by atoms with E-state index in [1.54, 1.807) is 13.0 Å². The van der Waals surface area contributed by atoms with Crippen LogP contribution in [0.25, 0.3) is 20.8 Å². The lowest BCUT2D eigenvalue weighted by Crippen LogP contribution is -2.03. The number of hydrogen-bond donors (Lipinski definition) is 1. The lowest BCUT2D eigenvalue weighted by Gasteiger charge is -2.07. The topological polar surface area (TPSA) is 59.4 Å². The predicted molar refractivity (Wildman–Crippen MR) is 83.3 cm³/mol. The molecule has 0 fully saturated rings. The van der Waals surface area contributed by atoms with Crippen LogP contribution in [0.2, 0.25) is 0 Å². The molecule has 0 radical (unpaired) electrons. The average Bonchev–Trinajstić information content (AvgIpc) is 2.92. The Morgan fingerprint density at radius 2 is 2.00 bits per heavy atom. The quantitative estimate of drug-likeness (QED) is 0.794. The van der Waals surface area contributed by atoms with Crippen LogP contribution in [0.4, 0.5) is 0 Å². The van der Waals surface area contributed by atoms with Gasteiger partial charge in [0.2, 0.25) is 0 Å². The summed E-state index contributed by atoms with van der Waals surface area (Å²) in [7, 11) is 1.48. The van der Waals surface area contributed by atoms with Gasteiger partial charge in [0.25, 0.3) is 0 Å². The lowest BCUT2D eigenvalue weighted by atomic mass is 10.1. The van der Waals surface area contributed by atoms with Crippen LogP contribution in [0.3, 0.4) is 0 Å². The van der Waals surface area contributed by atoms with Gasteiger partial charge in [0.1, 0.15) is 16.3 Å². The molecule has 3 rings (SSSR count). The molecule has 0 unspecified atom stereocenters. The summed E-state index contributed by atoms with van der Waals surface area (Å²) in [6.07, 6.45) is 0. The highest BCUT2D eigenvalue weighted by atomic mass is 32.1. The van der Waals surface area contributed by atoms with Gasteiger partial charge in [-0.25, -0.2) is 9.78 Å². The molecule has 4 nitrogen and oxygen atoms in total. The zero-order chi connectivity index (χ0) is 15.0. The van der Waals surface area contributed by atoms with Crippen LogP contribution in [0.1, 0.15) is 15.9 Å². The molecule has 0 spiro atoms. The Hall–Kier alpha value is -2.40. The zero-order valence-electron chi connectivity index (χ0n) is 11.6. The first-order valence-electron chi connectivity index (χ1n) is 6.38. The maximum Gasteiger partial charge on any atom is 0.339 e. The fraction of sp³-hybridized carbons (Fsp3) is 0.125. The third-order valence-electron chi connectivity index (χ3n) is 3.35. The van der Waals surface area contributed by atoms with Gasteiger partial charge in [-0.3, -0.25) is 0 Å². The number of ether oxygens (including phenoxy) is 1. The molecule has 0 aliphatic carbocycles. The molecular formula is C16H13NO3S. The predicted octanol–water partition coefficient (Wildman–Crippen LogP) is 3.98. The molecule has 0 saturated heterocycles. The summed E-state index contributed by atoms with van der Waals surface area (Å²) >= 11 is 1.53. The highest BCUT2D eigenvalue weighted by Crippen LogP contribution is 2.36. The average molecular weight is 299 g/mol. The normalized spacial score (nSPS) is 10.8. The highest BCUT2D eigenvalue weighted by Gasteiger charge is 2.20. The number of benzene rings is 2. The van der Waals surface area contributed by atoms with E-state index < -0.39 is 5.97 Å². The van der Waals surface area contributed by atoms with E-state index in [1.807, 2.05) is 30.3 Å². The third kappa shape index (κ3) is 2.25. The summed E-state index contributed by atoms with van der Waals surface area (Å²) in [4.78, 5) is 16.0. The highest BCUT2D eigenvalue weighted by molar-refractivity contribution is 7.21. The van der Waals surface area contributed by atoms with Gasteiger partial charge in [0.05, 0.1) is 17.3 Å². The van der Waals surface area contributed by atoms with Crippen LogP contribution in [0, 0.1) is 6.92 Å². The van der Waals surface area contributed by atoms with E-state index >= 15 is 0 Å². The first kappa shape index (κ1) is 13.6. The van der Waals surface area contributed by atoms with Crippen molar-refractivity contribution in [1.82, 2.24) is 4.98 Å². The summed E-state index contributed by atoms with van der Waals surface area (Å²) < 4.78 is 6.13. The van der Waals surface area contributed by atoms with Gasteiger partial charge >= 0.3 is 5.97 Å². The minimum absolute atomic E-state index is 0.176. The Labute approximate surface area is 125 Å². The van der Waals surface area contributed by atoms with E-state index in [4.69, 9.17) is 4.74 Å². The number of aromatic carboxylic acids is 1. The van der Waals surface area contributed by atoms with Crippen molar-refractivity contribution in [2.24, 2.45) is 0 Å². The molecule has 0 aliphatic rings. The smallest absolute Gasteiger partial charge is 0.339 e. The SMILES string of the molecule is COc1cc2sc(-c3ccccc3)nc2c(C)c1C(=O)O. The second kappa shape index (κ2) is 5.18. The minimum Gasteiger partial charge on any atom is -0.496 e. The number of aryl methyl sites for hydroxylation is 1. The van der Waals surface area contributed by atoms with Gasteiger partial charge in [-0.1, -0.05) is 30.3 Å². The first-order chi connectivity index (χ1) is 10.1. The third-order valence-corrected chi connectivity index (χ3v) is 4.40. The van der Waals surface area contributed by atoms with E-state index in [1.165, 1.54) is 18.4 Å². The number of nitrogens with zero attached hydrogens (tertiary/aromatic N) is 1. The van der Waals surface area contributed by atoms with Crippen molar-refractivity contribution in [2.75, 3.05) is 7.11 Å². The fourth-order valence-corrected chi connectivity index (χ4v) is 3.38. The number of hydrogen-bond acceptors (Lipinski definition) is 4. The Bertz CT molecular complexity index is 824. The number of fused-ring (bicyclic) bond motifs is 1. The number of carboxylic acid groups (broad SMARTS) is 1. The number of carbonyl (C=O) groups is 1. The summed E-state index contributed by atoms with van der Waals surface area (Å²) in [5.41, 5.74) is 2.55. The summed E-state index contributed by atoms with van der Waals surface area (Å²) in [6.45, 7) is 1.77. The Morgan fingerprint density at radius 3 is 2.62 bits per heavy atom. The number of aromatic nitrogens is 1. The molecule has 0 bridgehead atoms. The molecule has 0 amide bonds. The molecule has 21 heavy (non-hydrogen) atoms. The van der Waals surface area contributed by atoms with Gasteiger partial charge in [-0.15, -0.1) is 11.3 Å². The molecule has 2 aromatic carbocycles. The maximum atomic E-state index is 11.4. The van der Waals surface area contributed by atoms with E-state index in [2.05, 4.69) is 4.98 Å². The van der Waals surface area contributed by atoms with Crippen LogP contribution in [0.15, 0.2) is 36.4 Å². The van der Waals surface area contributed by atoms with Gasteiger partial charge < -0.3 is 9.84 Å². The minimum atomic E-state index is -1.000. The van der Waals surface area contributed by atoms with Gasteiger partial charge in [-0.05, 0) is 12.5 Å². The molecule has 106 valence electrons. The number of rotatable bonds is 3. The standard InChI is InChI=1S/C16H13NO3S/c1-9-13(16(18)19)11(20-2)8-12-14(9)17-15(21-12)10-6-4-3-5-7-10/h3-8H,1-2H3,(H,18,19). The Balaban J connectivity index is 2.27. The molecule has 1 heterocycles. The second-order valence-corrected chi connectivity index (χ2v) is 5.65. The van der Waals surface area contributed by atoms with E-state index in [0.29, 0.717) is 11.3 Å². The number of methoxy groups -OCH3 is 1. The Morgan fingerprint density at radius 1 is 1.29 bits per heavy atom. The van der Waals surface area contributed by atoms with E-state index in [0.717, 1.165) is 20.8 Å². The van der Waals surface area contributed by atoms with Crippen LogP contribution >= 0.6 is 11.3 Å².